The number of hydrogen-bond donors (Lipinski definition) is 0. The van der Waals surface area contributed by atoms with Crippen LogP contribution in [0.5, 0.6) is 11.5 Å². The molecule has 0 aliphatic heterocycles. The molecule has 2 aromatic heterocycles. The molecular weight excluding hydrogens is 366 g/mol. The quantitative estimate of drug-likeness (QED) is 0.513. The molecule has 0 aliphatic rings. The smallest absolute Gasteiger partial charge is 0.871 e. The van der Waals surface area contributed by atoms with Gasteiger partial charge < -0.3 is 10.2 Å². The van der Waals surface area contributed by atoms with Crippen molar-refractivity contribution in [3.05, 3.63) is 72.1 Å². The summed E-state index contributed by atoms with van der Waals surface area (Å²) < 4.78 is 0. The zero-order valence-electron chi connectivity index (χ0n) is 13.6. The monoisotopic (exact) mass is 378 g/mol. The van der Waals surface area contributed by atoms with Gasteiger partial charge in [-0.15, -0.1) is 0 Å². The predicted octanol–water partition coefficient (Wildman–Crippen LogP) is 2.71. The fourth-order valence-electron chi connectivity index (χ4n) is 2.86. The molecule has 2 heterocycles. The third-order valence-corrected chi connectivity index (χ3v) is 4.12. The predicted molar refractivity (Wildman–Crippen MR) is 89.8 cm³/mol. The summed E-state index contributed by atoms with van der Waals surface area (Å²) in [7, 11) is 0. The molecule has 0 N–H and O–H groups in total. The maximum atomic E-state index is 11.9. The van der Waals surface area contributed by atoms with Crippen LogP contribution >= 0.6 is 0 Å². The Kier molecular flexibility index (Phi) is 4.96. The molecule has 4 rings (SSSR count). The molecule has 4 nitrogen and oxygen atoms in total. The van der Waals surface area contributed by atoms with Crippen LogP contribution in [-0.4, -0.2) is 9.97 Å². The maximum absolute atomic E-state index is 11.9. The number of para-hydroxylation sites is 2. The first-order chi connectivity index (χ1) is 11.7. The molecule has 4 aromatic rings. The van der Waals surface area contributed by atoms with Gasteiger partial charge in [-0.2, -0.15) is 0 Å². The van der Waals surface area contributed by atoms with Gasteiger partial charge in [0.15, 0.2) is 0 Å². The number of nitrogens with zero attached hydrogens (tertiary/aromatic N) is 2. The van der Waals surface area contributed by atoms with Crippen LogP contribution in [0.4, 0.5) is 0 Å². The first-order valence-corrected chi connectivity index (χ1v) is 7.82. The molecule has 0 fully saturated rings. The number of aromatic nitrogens is 2. The van der Waals surface area contributed by atoms with Gasteiger partial charge in [-0.05, 0) is 35.7 Å². The maximum Gasteiger partial charge on any atom is 2.00 e. The Bertz CT molecular complexity index is 965. The van der Waals surface area contributed by atoms with Gasteiger partial charge >= 0.3 is 19.5 Å². The van der Waals surface area contributed by atoms with Gasteiger partial charge in [-0.1, -0.05) is 60.0 Å². The summed E-state index contributed by atoms with van der Waals surface area (Å²) in [5.74, 6) is -0.122. The fraction of sp³-hybridized carbons (Fsp3) is 0.100. The van der Waals surface area contributed by atoms with Crippen molar-refractivity contribution >= 4 is 21.8 Å². The fourth-order valence-corrected chi connectivity index (χ4v) is 2.86. The summed E-state index contributed by atoms with van der Waals surface area (Å²) in [6, 6.07) is 18.0. The average molecular weight is 380 g/mol. The Morgan fingerprint density at radius 2 is 1.04 bits per heavy atom. The third-order valence-electron chi connectivity index (χ3n) is 4.12. The SMILES string of the molecule is [O-]c1cccc2ccc(CCc3ccc4cccc([O-])c4n3)nc12.[Zn+2]. The summed E-state index contributed by atoms with van der Waals surface area (Å²) in [6.45, 7) is 0. The molecule has 0 unspecified atom stereocenters. The molecule has 2 aromatic carbocycles. The molecule has 5 heteroatoms. The minimum absolute atomic E-state index is 0. The van der Waals surface area contributed by atoms with Crippen molar-refractivity contribution in [1.82, 2.24) is 9.97 Å². The third kappa shape index (κ3) is 3.47. The van der Waals surface area contributed by atoms with Gasteiger partial charge in [0.1, 0.15) is 0 Å². The van der Waals surface area contributed by atoms with Crippen LogP contribution in [0, 0.1) is 0 Å². The molecule has 25 heavy (non-hydrogen) atoms. The number of benzene rings is 2. The van der Waals surface area contributed by atoms with Gasteiger partial charge in [-0.25, -0.2) is 0 Å². The van der Waals surface area contributed by atoms with E-state index in [0.717, 1.165) is 22.2 Å². The molecular formula is C20H14N2O2Zn. The van der Waals surface area contributed by atoms with Crippen molar-refractivity contribution in [2.75, 3.05) is 0 Å². The summed E-state index contributed by atoms with van der Waals surface area (Å²) in [4.78, 5) is 8.94. The molecule has 0 amide bonds. The Labute approximate surface area is 157 Å². The van der Waals surface area contributed by atoms with E-state index in [1.54, 1.807) is 12.1 Å². The van der Waals surface area contributed by atoms with Crippen LogP contribution in [0.3, 0.4) is 0 Å². The summed E-state index contributed by atoms with van der Waals surface area (Å²) in [5, 5.41) is 25.5. The summed E-state index contributed by atoms with van der Waals surface area (Å²) in [5.41, 5.74) is 2.71. The first-order valence-electron chi connectivity index (χ1n) is 7.82. The van der Waals surface area contributed by atoms with Crippen LogP contribution in [0.1, 0.15) is 11.4 Å². The molecule has 0 aliphatic carbocycles. The van der Waals surface area contributed by atoms with Gasteiger partial charge in [0, 0.05) is 11.4 Å². The van der Waals surface area contributed by atoms with Gasteiger partial charge in [0.05, 0.1) is 11.0 Å². The number of rotatable bonds is 3. The molecule has 0 spiro atoms. The van der Waals surface area contributed by atoms with Crippen molar-refractivity contribution in [2.24, 2.45) is 0 Å². The van der Waals surface area contributed by atoms with E-state index in [-0.39, 0.29) is 31.0 Å². The van der Waals surface area contributed by atoms with E-state index in [0.29, 0.717) is 23.9 Å². The van der Waals surface area contributed by atoms with E-state index in [1.165, 1.54) is 12.1 Å². The van der Waals surface area contributed by atoms with Crippen LogP contribution < -0.4 is 10.2 Å². The number of pyridine rings is 2. The second-order valence-corrected chi connectivity index (χ2v) is 5.76. The largest absolute Gasteiger partial charge is 2.00 e. The molecule has 0 atom stereocenters. The van der Waals surface area contributed by atoms with Gasteiger partial charge in [0.25, 0.3) is 0 Å². The Morgan fingerprint density at radius 3 is 1.48 bits per heavy atom. The molecule has 0 saturated heterocycles. The normalized spacial score (nSPS) is 10.7. The molecule has 0 saturated carbocycles. The second kappa shape index (κ2) is 7.16. The van der Waals surface area contributed by atoms with E-state index in [2.05, 4.69) is 9.97 Å². The van der Waals surface area contributed by atoms with Crippen molar-refractivity contribution in [3.63, 3.8) is 0 Å². The summed E-state index contributed by atoms with van der Waals surface area (Å²) >= 11 is 0. The molecule has 0 bridgehead atoms. The van der Waals surface area contributed by atoms with E-state index in [9.17, 15) is 10.2 Å². The van der Waals surface area contributed by atoms with Crippen LogP contribution in [-0.2, 0) is 32.3 Å². The first kappa shape index (κ1) is 17.3. The van der Waals surface area contributed by atoms with E-state index in [4.69, 9.17) is 0 Å². The Morgan fingerprint density at radius 1 is 0.600 bits per heavy atom. The van der Waals surface area contributed by atoms with E-state index in [1.807, 2.05) is 36.4 Å². The Hall–Kier alpha value is -2.52. The minimum atomic E-state index is -0.0609. The number of aryl methyl sites for hydroxylation is 2. The van der Waals surface area contributed by atoms with Crippen LogP contribution in [0.2, 0.25) is 0 Å². The topological polar surface area (TPSA) is 71.9 Å². The van der Waals surface area contributed by atoms with E-state index < -0.39 is 0 Å². The zero-order chi connectivity index (χ0) is 16.5. The van der Waals surface area contributed by atoms with Crippen molar-refractivity contribution in [2.45, 2.75) is 12.8 Å². The van der Waals surface area contributed by atoms with Crippen LogP contribution in [0.25, 0.3) is 21.8 Å². The summed E-state index contributed by atoms with van der Waals surface area (Å²) in [6.07, 6.45) is 1.34. The average Bonchev–Trinajstić information content (AvgIpc) is 2.61. The Balaban J connectivity index is 0.00000182. The van der Waals surface area contributed by atoms with Crippen molar-refractivity contribution in [1.29, 1.82) is 0 Å². The van der Waals surface area contributed by atoms with Crippen molar-refractivity contribution in [3.8, 4) is 11.5 Å². The minimum Gasteiger partial charge on any atom is -0.871 e. The van der Waals surface area contributed by atoms with Gasteiger partial charge in [0.2, 0.25) is 0 Å². The standard InChI is InChI=1S/C20H16N2O2.Zn/c23-17-5-1-3-13-7-9-15(21-19(13)17)11-12-16-10-8-14-4-2-6-18(24)20(14)22-16;/h1-10,23-24H,11-12H2;/q;+2/p-2. The number of fused-ring (bicyclic) bond motifs is 2. The van der Waals surface area contributed by atoms with Crippen molar-refractivity contribution < 1.29 is 29.7 Å². The van der Waals surface area contributed by atoms with E-state index >= 15 is 0 Å². The molecule has 118 valence electrons. The van der Waals surface area contributed by atoms with Gasteiger partial charge in [-0.3, -0.25) is 9.97 Å². The van der Waals surface area contributed by atoms with Crippen LogP contribution in [0.15, 0.2) is 60.7 Å². The second-order valence-electron chi connectivity index (χ2n) is 5.76. The molecule has 0 radical (unpaired) electrons. The number of hydrogen-bond acceptors (Lipinski definition) is 4. The zero-order valence-corrected chi connectivity index (χ0v) is 16.6.